The highest BCUT2D eigenvalue weighted by Gasteiger charge is 2.26. The second-order valence-corrected chi connectivity index (χ2v) is 8.48. The fraction of sp³-hybridized carbons (Fsp3) is 0.208. The van der Waals surface area contributed by atoms with Crippen molar-refractivity contribution in [2.24, 2.45) is 0 Å². The van der Waals surface area contributed by atoms with E-state index < -0.39 is 0 Å². The van der Waals surface area contributed by atoms with Crippen molar-refractivity contribution >= 4 is 33.3 Å². The Labute approximate surface area is 179 Å². The van der Waals surface area contributed by atoms with E-state index in [0.717, 1.165) is 52.9 Å². The van der Waals surface area contributed by atoms with Crippen molar-refractivity contribution in [1.82, 2.24) is 14.9 Å². The minimum atomic E-state index is -0.110. The molecule has 0 aliphatic carbocycles. The van der Waals surface area contributed by atoms with Gasteiger partial charge in [0.05, 0.1) is 16.8 Å². The number of thiazole rings is 1. The Morgan fingerprint density at radius 2 is 1.90 bits per heavy atom. The summed E-state index contributed by atoms with van der Waals surface area (Å²) >= 11 is 1.45. The number of para-hydroxylation sites is 1. The molecule has 0 unspecified atom stereocenters. The van der Waals surface area contributed by atoms with Crippen LogP contribution in [0, 0.1) is 6.92 Å². The molecule has 150 valence electrons. The molecule has 0 fully saturated rings. The summed E-state index contributed by atoms with van der Waals surface area (Å²) in [5.41, 5.74) is 5.83. The molecule has 30 heavy (non-hydrogen) atoms. The lowest BCUT2D eigenvalue weighted by Crippen LogP contribution is -2.32. The molecule has 1 amide bonds. The Morgan fingerprint density at radius 3 is 2.70 bits per heavy atom. The van der Waals surface area contributed by atoms with Crippen molar-refractivity contribution in [3.05, 3.63) is 88.1 Å². The van der Waals surface area contributed by atoms with Gasteiger partial charge in [-0.1, -0.05) is 48.5 Å². The van der Waals surface area contributed by atoms with E-state index in [-0.39, 0.29) is 5.91 Å². The van der Waals surface area contributed by atoms with Crippen LogP contribution in [0.15, 0.2) is 60.0 Å². The first-order valence-electron chi connectivity index (χ1n) is 10.1. The standard InChI is InChI=1S/C24H22N4OS/c1-16-15-30-24(25-16)27-23(29)22-18-9-5-6-10-20(18)26-21-11-12-28(14-19(21)22)13-17-7-3-2-4-8-17/h2-10,15H,11-14H2,1H3,(H,25,27,29). The molecule has 1 N–H and O–H groups in total. The number of fused-ring (bicyclic) bond motifs is 2. The highest BCUT2D eigenvalue weighted by Crippen LogP contribution is 2.30. The number of amides is 1. The molecule has 0 atom stereocenters. The molecule has 1 aliphatic rings. The summed E-state index contributed by atoms with van der Waals surface area (Å²) in [6.07, 6.45) is 0.837. The molecule has 2 aromatic heterocycles. The van der Waals surface area contributed by atoms with Gasteiger partial charge in [-0.05, 0) is 18.6 Å². The number of aromatic nitrogens is 2. The minimum Gasteiger partial charge on any atom is -0.298 e. The summed E-state index contributed by atoms with van der Waals surface area (Å²) in [7, 11) is 0. The van der Waals surface area contributed by atoms with Crippen LogP contribution in [0.5, 0.6) is 0 Å². The molecule has 3 heterocycles. The fourth-order valence-corrected chi connectivity index (χ4v) is 4.74. The number of carbonyl (C=O) groups is 1. The van der Waals surface area contributed by atoms with Gasteiger partial charge in [0.1, 0.15) is 0 Å². The van der Waals surface area contributed by atoms with Crippen LogP contribution in [0.2, 0.25) is 0 Å². The zero-order valence-electron chi connectivity index (χ0n) is 16.8. The first-order valence-corrected chi connectivity index (χ1v) is 11.0. The lowest BCUT2D eigenvalue weighted by Gasteiger charge is -2.30. The number of pyridine rings is 1. The van der Waals surface area contributed by atoms with Crippen LogP contribution >= 0.6 is 11.3 Å². The highest BCUT2D eigenvalue weighted by molar-refractivity contribution is 7.13. The highest BCUT2D eigenvalue weighted by atomic mass is 32.1. The predicted molar refractivity (Wildman–Crippen MR) is 121 cm³/mol. The van der Waals surface area contributed by atoms with Crippen LogP contribution in [0.25, 0.3) is 10.9 Å². The van der Waals surface area contributed by atoms with Crippen LogP contribution in [0.3, 0.4) is 0 Å². The molecule has 0 bridgehead atoms. The Morgan fingerprint density at radius 1 is 1.10 bits per heavy atom. The molecule has 0 spiro atoms. The fourth-order valence-electron chi connectivity index (χ4n) is 4.05. The van der Waals surface area contributed by atoms with Gasteiger partial charge in [0, 0.05) is 48.1 Å². The van der Waals surface area contributed by atoms with Crippen molar-refractivity contribution in [2.45, 2.75) is 26.4 Å². The van der Waals surface area contributed by atoms with Crippen LogP contribution in [0.4, 0.5) is 5.13 Å². The summed E-state index contributed by atoms with van der Waals surface area (Å²) in [5, 5.41) is 6.47. The van der Waals surface area contributed by atoms with Crippen LogP contribution < -0.4 is 5.32 Å². The molecule has 0 saturated carbocycles. The third kappa shape index (κ3) is 3.72. The lowest BCUT2D eigenvalue weighted by molar-refractivity contribution is 0.102. The summed E-state index contributed by atoms with van der Waals surface area (Å²) < 4.78 is 0. The smallest absolute Gasteiger partial charge is 0.258 e. The van der Waals surface area contributed by atoms with Crippen molar-refractivity contribution in [2.75, 3.05) is 11.9 Å². The van der Waals surface area contributed by atoms with E-state index in [1.165, 1.54) is 16.9 Å². The number of rotatable bonds is 4. The predicted octanol–water partition coefficient (Wildman–Crippen LogP) is 4.81. The maximum atomic E-state index is 13.4. The Balaban J connectivity index is 1.53. The second-order valence-electron chi connectivity index (χ2n) is 7.62. The van der Waals surface area contributed by atoms with Gasteiger partial charge in [-0.3, -0.25) is 20.0 Å². The molecule has 0 radical (unpaired) electrons. The molecule has 0 saturated heterocycles. The van der Waals surface area contributed by atoms with Gasteiger partial charge in [-0.15, -0.1) is 11.3 Å². The van der Waals surface area contributed by atoms with Crippen molar-refractivity contribution in [1.29, 1.82) is 0 Å². The minimum absolute atomic E-state index is 0.110. The van der Waals surface area contributed by atoms with E-state index in [0.29, 0.717) is 11.7 Å². The van der Waals surface area contributed by atoms with E-state index in [9.17, 15) is 4.79 Å². The van der Waals surface area contributed by atoms with Gasteiger partial charge in [0.2, 0.25) is 0 Å². The first-order chi connectivity index (χ1) is 14.7. The number of carbonyl (C=O) groups excluding carboxylic acids is 1. The quantitative estimate of drug-likeness (QED) is 0.521. The van der Waals surface area contributed by atoms with E-state index in [1.54, 1.807) is 0 Å². The van der Waals surface area contributed by atoms with Crippen molar-refractivity contribution in [3.8, 4) is 0 Å². The topological polar surface area (TPSA) is 58.1 Å². The van der Waals surface area contributed by atoms with E-state index in [1.807, 2.05) is 42.6 Å². The van der Waals surface area contributed by atoms with Crippen molar-refractivity contribution < 1.29 is 4.79 Å². The number of aryl methyl sites for hydroxylation is 1. The average Bonchev–Trinajstić information content (AvgIpc) is 3.17. The monoisotopic (exact) mass is 414 g/mol. The van der Waals surface area contributed by atoms with Crippen LogP contribution in [-0.4, -0.2) is 27.3 Å². The number of hydrogen-bond donors (Lipinski definition) is 1. The summed E-state index contributed by atoms with van der Waals surface area (Å²) in [6.45, 7) is 4.43. The lowest BCUT2D eigenvalue weighted by atomic mass is 9.95. The maximum Gasteiger partial charge on any atom is 0.258 e. The largest absolute Gasteiger partial charge is 0.298 e. The Bertz CT molecular complexity index is 1220. The number of benzene rings is 2. The van der Waals surface area contributed by atoms with E-state index in [4.69, 9.17) is 4.98 Å². The van der Waals surface area contributed by atoms with Crippen LogP contribution in [-0.2, 0) is 19.5 Å². The molecule has 2 aromatic carbocycles. The van der Waals surface area contributed by atoms with Gasteiger partial charge >= 0.3 is 0 Å². The van der Waals surface area contributed by atoms with E-state index >= 15 is 0 Å². The van der Waals surface area contributed by atoms with Gasteiger partial charge < -0.3 is 0 Å². The summed E-state index contributed by atoms with van der Waals surface area (Å²) in [4.78, 5) is 25.1. The number of nitrogens with one attached hydrogen (secondary N) is 1. The van der Waals surface area contributed by atoms with Crippen molar-refractivity contribution in [3.63, 3.8) is 0 Å². The second kappa shape index (κ2) is 7.97. The molecule has 5 rings (SSSR count). The molecule has 5 nitrogen and oxygen atoms in total. The van der Waals surface area contributed by atoms with Gasteiger partial charge in [0.15, 0.2) is 5.13 Å². The summed E-state index contributed by atoms with van der Waals surface area (Å²) in [5.74, 6) is -0.110. The van der Waals surface area contributed by atoms with Gasteiger partial charge in [-0.2, -0.15) is 0 Å². The molecule has 6 heteroatoms. The third-order valence-electron chi connectivity index (χ3n) is 5.44. The molecular weight excluding hydrogens is 392 g/mol. The van der Waals surface area contributed by atoms with Crippen LogP contribution in [0.1, 0.15) is 32.9 Å². The summed E-state index contributed by atoms with van der Waals surface area (Å²) in [6, 6.07) is 18.4. The normalized spacial score (nSPS) is 13.9. The Kier molecular flexibility index (Phi) is 5.02. The molecule has 1 aliphatic heterocycles. The Hall–Kier alpha value is -3.09. The SMILES string of the molecule is Cc1csc(NC(=O)c2c3c(nc4ccccc24)CCN(Cc2ccccc2)C3)n1. The zero-order valence-corrected chi connectivity index (χ0v) is 17.6. The maximum absolute atomic E-state index is 13.4. The average molecular weight is 415 g/mol. The first kappa shape index (κ1) is 18.9. The zero-order chi connectivity index (χ0) is 20.5. The number of hydrogen-bond acceptors (Lipinski definition) is 5. The number of anilines is 1. The number of nitrogens with zero attached hydrogens (tertiary/aromatic N) is 3. The van der Waals surface area contributed by atoms with Gasteiger partial charge in [-0.25, -0.2) is 4.98 Å². The molecular formula is C24H22N4OS. The van der Waals surface area contributed by atoms with Gasteiger partial charge in [0.25, 0.3) is 5.91 Å². The van der Waals surface area contributed by atoms with E-state index in [2.05, 4.69) is 39.5 Å². The molecule has 4 aromatic rings. The third-order valence-corrected chi connectivity index (χ3v) is 6.32.